The van der Waals surface area contributed by atoms with Crippen molar-refractivity contribution in [1.82, 2.24) is 19.5 Å². The molecule has 2 unspecified atom stereocenters. The molecule has 4 atom stereocenters. The molecule has 0 aromatic carbocycles. The van der Waals surface area contributed by atoms with Crippen LogP contribution in [-0.4, -0.2) is 62.3 Å². The highest BCUT2D eigenvalue weighted by molar-refractivity contribution is 6.28. The predicted octanol–water partition coefficient (Wildman–Crippen LogP) is 0.386. The van der Waals surface area contributed by atoms with Gasteiger partial charge in [-0.1, -0.05) is 0 Å². The molecule has 2 N–H and O–H groups in total. The van der Waals surface area contributed by atoms with E-state index in [0.29, 0.717) is 0 Å². The van der Waals surface area contributed by atoms with Crippen molar-refractivity contribution in [3.05, 3.63) is 11.6 Å². The molecule has 1 saturated heterocycles. The van der Waals surface area contributed by atoms with E-state index in [4.69, 9.17) is 36.3 Å². The number of hydrogen-bond acceptors (Lipinski definition) is 11. The van der Waals surface area contributed by atoms with Crippen molar-refractivity contribution >= 4 is 46.5 Å². The molecule has 3 heterocycles. The second-order valence-electron chi connectivity index (χ2n) is 6.22. The van der Waals surface area contributed by atoms with Gasteiger partial charge in [-0.3, -0.25) is 19.0 Å². The number of ether oxygens (including phenoxy) is 4. The number of halogens is 1. The van der Waals surface area contributed by atoms with Crippen LogP contribution >= 0.6 is 11.6 Å². The Balaban J connectivity index is 2.04. The van der Waals surface area contributed by atoms with Crippen LogP contribution in [0.3, 0.4) is 0 Å². The molecule has 0 radical (unpaired) electrons. The van der Waals surface area contributed by atoms with E-state index in [1.54, 1.807) is 0 Å². The number of nitrogens with zero attached hydrogens (tertiary/aromatic N) is 4. The van der Waals surface area contributed by atoms with Crippen LogP contribution in [0.5, 0.6) is 0 Å². The molecule has 1 fully saturated rings. The fourth-order valence-corrected chi connectivity index (χ4v) is 3.18. The molecule has 156 valence electrons. The molecular weight excluding hydrogens is 410 g/mol. The first-order chi connectivity index (χ1) is 13.7. The van der Waals surface area contributed by atoms with Crippen molar-refractivity contribution in [3.63, 3.8) is 0 Å². The summed E-state index contributed by atoms with van der Waals surface area (Å²) in [5.74, 6) is -1.77. The van der Waals surface area contributed by atoms with Crippen LogP contribution in [0.1, 0.15) is 27.0 Å². The van der Waals surface area contributed by atoms with Crippen LogP contribution in [0.2, 0.25) is 5.28 Å². The number of anilines is 1. The Morgan fingerprint density at radius 1 is 1.14 bits per heavy atom. The Morgan fingerprint density at radius 2 is 1.79 bits per heavy atom. The number of aromatic nitrogens is 4. The van der Waals surface area contributed by atoms with Gasteiger partial charge < -0.3 is 24.7 Å². The maximum atomic E-state index is 11.7. The average molecular weight is 428 g/mol. The topological polar surface area (TPSA) is 158 Å². The van der Waals surface area contributed by atoms with E-state index in [9.17, 15) is 14.4 Å². The van der Waals surface area contributed by atoms with Crippen molar-refractivity contribution in [2.75, 3.05) is 12.3 Å². The zero-order valence-corrected chi connectivity index (χ0v) is 16.5. The normalized spacial score (nSPS) is 23.7. The number of esters is 3. The first kappa shape index (κ1) is 20.7. The van der Waals surface area contributed by atoms with Crippen molar-refractivity contribution in [2.24, 2.45) is 0 Å². The predicted molar refractivity (Wildman–Crippen MR) is 96.4 cm³/mol. The van der Waals surface area contributed by atoms with E-state index in [1.807, 2.05) is 0 Å². The van der Waals surface area contributed by atoms with Crippen molar-refractivity contribution in [3.8, 4) is 0 Å². The molecule has 2 aromatic rings. The highest BCUT2D eigenvalue weighted by Crippen LogP contribution is 2.36. The maximum Gasteiger partial charge on any atom is 0.303 e. The smallest absolute Gasteiger partial charge is 0.303 e. The Morgan fingerprint density at radius 3 is 2.41 bits per heavy atom. The van der Waals surface area contributed by atoms with Crippen molar-refractivity contribution < 1.29 is 33.3 Å². The van der Waals surface area contributed by atoms with E-state index in [0.717, 1.165) is 0 Å². The third-order valence-corrected chi connectivity index (χ3v) is 4.20. The van der Waals surface area contributed by atoms with Crippen LogP contribution < -0.4 is 5.73 Å². The van der Waals surface area contributed by atoms with Crippen LogP contribution in [0.4, 0.5) is 5.82 Å². The molecular formula is C16H18ClN5O7. The summed E-state index contributed by atoms with van der Waals surface area (Å²) >= 11 is 5.89. The highest BCUT2D eigenvalue weighted by atomic mass is 35.5. The zero-order chi connectivity index (χ0) is 21.3. The minimum atomic E-state index is -1.08. The second-order valence-corrected chi connectivity index (χ2v) is 6.56. The van der Waals surface area contributed by atoms with E-state index < -0.39 is 42.4 Å². The van der Waals surface area contributed by atoms with Gasteiger partial charge in [-0.05, 0) is 11.6 Å². The maximum absolute atomic E-state index is 11.7. The highest BCUT2D eigenvalue weighted by Gasteiger charge is 2.51. The standard InChI is InChI=1S/C16H18ClN5O7/c1-6(23)26-4-9-11(27-7(2)24)12(28-8(3)25)15(29-9)22-5-19-10-13(18)20-16(17)21-14(10)22/h5,9,11-12,15H,4H2,1-3H3,(H2,18,20,21)/t9-,11?,12?,15-/m1/s1. The van der Waals surface area contributed by atoms with Crippen LogP contribution in [-0.2, 0) is 33.3 Å². The Bertz CT molecular complexity index is 965. The lowest BCUT2D eigenvalue weighted by atomic mass is 10.1. The van der Waals surface area contributed by atoms with Gasteiger partial charge in [0.05, 0.1) is 6.33 Å². The molecule has 29 heavy (non-hydrogen) atoms. The molecule has 0 spiro atoms. The molecule has 0 saturated carbocycles. The minimum Gasteiger partial charge on any atom is -0.463 e. The van der Waals surface area contributed by atoms with Gasteiger partial charge in [0.2, 0.25) is 5.28 Å². The van der Waals surface area contributed by atoms with E-state index in [1.165, 1.54) is 31.7 Å². The van der Waals surface area contributed by atoms with Gasteiger partial charge >= 0.3 is 17.9 Å². The van der Waals surface area contributed by atoms with Gasteiger partial charge in [0.1, 0.15) is 18.2 Å². The fraction of sp³-hybridized carbons (Fsp3) is 0.500. The van der Waals surface area contributed by atoms with Gasteiger partial charge in [-0.25, -0.2) is 4.98 Å². The number of carbonyl (C=O) groups excluding carboxylic acids is 3. The first-order valence-corrected chi connectivity index (χ1v) is 8.84. The largest absolute Gasteiger partial charge is 0.463 e. The lowest BCUT2D eigenvalue weighted by Crippen LogP contribution is -2.40. The summed E-state index contributed by atoms with van der Waals surface area (Å²) in [6.45, 7) is 3.39. The Labute approximate surface area is 169 Å². The third-order valence-electron chi connectivity index (χ3n) is 4.04. The number of fused-ring (bicyclic) bond motifs is 1. The minimum absolute atomic E-state index is 0.0498. The molecule has 0 amide bonds. The third kappa shape index (κ3) is 4.38. The molecule has 2 aromatic heterocycles. The number of hydrogen-bond donors (Lipinski definition) is 1. The average Bonchev–Trinajstić information content (AvgIpc) is 3.15. The van der Waals surface area contributed by atoms with E-state index >= 15 is 0 Å². The summed E-state index contributed by atoms with van der Waals surface area (Å²) in [5, 5.41) is -0.119. The van der Waals surface area contributed by atoms with Gasteiger partial charge in [-0.15, -0.1) is 0 Å². The van der Waals surface area contributed by atoms with Gasteiger partial charge in [0, 0.05) is 20.8 Å². The molecule has 13 heteroatoms. The molecule has 0 aliphatic carbocycles. The lowest BCUT2D eigenvalue weighted by Gasteiger charge is -2.23. The fourth-order valence-electron chi connectivity index (χ4n) is 3.01. The summed E-state index contributed by atoms with van der Waals surface area (Å²) < 4.78 is 23.0. The van der Waals surface area contributed by atoms with Crippen LogP contribution in [0, 0.1) is 0 Å². The summed E-state index contributed by atoms with van der Waals surface area (Å²) in [6.07, 6.45) is -2.70. The quantitative estimate of drug-likeness (QED) is 0.399. The molecule has 1 aliphatic heterocycles. The van der Waals surface area contributed by atoms with Crippen LogP contribution in [0.25, 0.3) is 11.2 Å². The zero-order valence-electron chi connectivity index (χ0n) is 15.7. The Hall–Kier alpha value is -2.99. The Kier molecular flexibility index (Phi) is 5.84. The van der Waals surface area contributed by atoms with E-state index in [2.05, 4.69) is 15.0 Å². The number of rotatable bonds is 5. The summed E-state index contributed by atoms with van der Waals surface area (Å²) in [7, 11) is 0. The number of imidazole rings is 1. The number of nitrogens with two attached hydrogens (primary N) is 1. The summed E-state index contributed by atoms with van der Waals surface area (Å²) in [6, 6.07) is 0. The second kappa shape index (κ2) is 8.17. The molecule has 3 rings (SSSR count). The van der Waals surface area contributed by atoms with Gasteiger partial charge in [0.15, 0.2) is 29.9 Å². The monoisotopic (exact) mass is 427 g/mol. The lowest BCUT2D eigenvalue weighted by molar-refractivity contribution is -0.166. The van der Waals surface area contributed by atoms with Crippen LogP contribution in [0.15, 0.2) is 6.33 Å². The van der Waals surface area contributed by atoms with E-state index in [-0.39, 0.29) is 28.9 Å². The van der Waals surface area contributed by atoms with Crippen molar-refractivity contribution in [1.29, 1.82) is 0 Å². The first-order valence-electron chi connectivity index (χ1n) is 8.46. The van der Waals surface area contributed by atoms with Gasteiger partial charge in [0.25, 0.3) is 0 Å². The molecule has 12 nitrogen and oxygen atoms in total. The summed E-state index contributed by atoms with van der Waals surface area (Å²) in [5.41, 5.74) is 6.30. The molecule has 1 aliphatic rings. The SMILES string of the molecule is CC(=O)OC[C@H]1O[C@@H](n2cnc3c(N)nc(Cl)nc32)C(OC(C)=O)C1OC(C)=O. The van der Waals surface area contributed by atoms with Crippen molar-refractivity contribution in [2.45, 2.75) is 45.3 Å². The number of carbonyl (C=O) groups is 3. The number of nitrogen functional groups attached to an aromatic ring is 1. The van der Waals surface area contributed by atoms with Gasteiger partial charge in [-0.2, -0.15) is 9.97 Å². The molecule has 0 bridgehead atoms. The summed E-state index contributed by atoms with van der Waals surface area (Å²) in [4.78, 5) is 46.6.